The van der Waals surface area contributed by atoms with Crippen LogP contribution in [0.2, 0.25) is 0 Å². The van der Waals surface area contributed by atoms with Crippen LogP contribution in [0.3, 0.4) is 0 Å². The van der Waals surface area contributed by atoms with Gasteiger partial charge in [-0.15, -0.1) is 0 Å². The Kier molecular flexibility index (Phi) is 11.8. The van der Waals surface area contributed by atoms with E-state index in [1.807, 2.05) is 13.8 Å². The second-order valence-corrected chi connectivity index (χ2v) is 10.6. The van der Waals surface area contributed by atoms with Crippen LogP contribution in [0.5, 0.6) is 11.5 Å². The molecule has 0 fully saturated rings. The van der Waals surface area contributed by atoms with Gasteiger partial charge in [-0.2, -0.15) is 0 Å². The number of aromatic hydroxyl groups is 2. The van der Waals surface area contributed by atoms with Crippen molar-refractivity contribution < 1.29 is 43.3 Å². The van der Waals surface area contributed by atoms with E-state index in [1.165, 1.54) is 37.3 Å². The van der Waals surface area contributed by atoms with Gasteiger partial charge >= 0.3 is 13.6 Å². The highest BCUT2D eigenvalue weighted by molar-refractivity contribution is 7.57. The van der Waals surface area contributed by atoms with Crippen LogP contribution < -0.4 is 11.1 Å². The van der Waals surface area contributed by atoms with Gasteiger partial charge in [-0.05, 0) is 49.1 Å². The SMILES string of the molecule is CCC(CC)O[C@@H]1C=C(P(=O)(O)OCCCOC(=O)/C=C/c2ccc(O)c(O)c2)C[C@H](N)[C@H]1NC(C)=O. The molecule has 1 amide bonds. The number of hydrogen-bond donors (Lipinski definition) is 5. The first-order chi connectivity index (χ1) is 17.5. The minimum absolute atomic E-state index is 0.0480. The number of carbonyl (C=O) groups is 2. The molecule has 4 atom stereocenters. The third-order valence-electron chi connectivity index (χ3n) is 5.82. The van der Waals surface area contributed by atoms with Gasteiger partial charge in [-0.25, -0.2) is 4.79 Å². The molecule has 0 radical (unpaired) electrons. The molecule has 1 aromatic carbocycles. The number of esters is 1. The topological polar surface area (TPSA) is 178 Å². The lowest BCUT2D eigenvalue weighted by molar-refractivity contribution is -0.137. The number of ether oxygens (including phenoxy) is 2. The smallest absolute Gasteiger partial charge is 0.354 e. The highest BCUT2D eigenvalue weighted by Gasteiger charge is 2.39. The Bertz CT molecular complexity index is 1040. The monoisotopic (exact) mass is 540 g/mol. The molecule has 0 bridgehead atoms. The summed E-state index contributed by atoms with van der Waals surface area (Å²) in [4.78, 5) is 34.1. The Morgan fingerprint density at radius 3 is 2.54 bits per heavy atom. The number of benzene rings is 1. The molecule has 0 aliphatic heterocycles. The Morgan fingerprint density at radius 2 is 1.92 bits per heavy atom. The summed E-state index contributed by atoms with van der Waals surface area (Å²) in [5, 5.41) is 21.7. The zero-order valence-electron chi connectivity index (χ0n) is 21.3. The molecule has 2 rings (SSSR count). The van der Waals surface area contributed by atoms with Crippen LogP contribution >= 0.6 is 7.60 Å². The average Bonchev–Trinajstić information content (AvgIpc) is 2.84. The standard InChI is InChI=1S/C25H37N2O9P/c1-4-18(5-2)36-23-15-19(14-20(26)25(23)27-16(3)28)37(32,33)35-12-6-11-34-24(31)10-8-17-7-9-21(29)22(30)13-17/h7-10,13,15,18,20,23,25,29-30H,4-6,11-12,14,26H2,1-3H3,(H,27,28)(H,32,33)/b10-8+/t20-,23+,25+/m0/s1. The van der Waals surface area contributed by atoms with Crippen LogP contribution in [0, 0.1) is 0 Å². The van der Waals surface area contributed by atoms with Gasteiger partial charge in [-0.3, -0.25) is 9.36 Å². The van der Waals surface area contributed by atoms with E-state index in [4.69, 9.17) is 19.7 Å². The highest BCUT2D eigenvalue weighted by Crippen LogP contribution is 2.54. The number of hydrogen-bond acceptors (Lipinski definition) is 9. The summed E-state index contributed by atoms with van der Waals surface area (Å²) in [5.41, 5.74) is 6.73. The molecule has 1 unspecified atom stereocenters. The lowest BCUT2D eigenvalue weighted by atomic mass is 9.93. The van der Waals surface area contributed by atoms with Crippen molar-refractivity contribution in [3.05, 3.63) is 41.2 Å². The number of nitrogens with one attached hydrogen (secondary N) is 1. The fourth-order valence-corrected chi connectivity index (χ4v) is 5.11. The minimum Gasteiger partial charge on any atom is -0.504 e. The predicted molar refractivity (Wildman–Crippen MR) is 138 cm³/mol. The van der Waals surface area contributed by atoms with Crippen LogP contribution in [-0.4, -0.2) is 64.5 Å². The van der Waals surface area contributed by atoms with E-state index < -0.39 is 31.8 Å². The van der Waals surface area contributed by atoms with Crippen molar-refractivity contribution in [2.75, 3.05) is 13.2 Å². The maximum Gasteiger partial charge on any atom is 0.354 e. The van der Waals surface area contributed by atoms with Gasteiger partial charge in [0, 0.05) is 30.8 Å². The molecule has 0 heterocycles. The first-order valence-electron chi connectivity index (χ1n) is 12.2. The van der Waals surface area contributed by atoms with Crippen molar-refractivity contribution >= 4 is 25.5 Å². The van der Waals surface area contributed by atoms with Gasteiger partial charge in [0.1, 0.15) is 0 Å². The maximum absolute atomic E-state index is 12.9. The second-order valence-electron chi connectivity index (χ2n) is 8.75. The normalized spacial score (nSPS) is 21.5. The summed E-state index contributed by atoms with van der Waals surface area (Å²) in [6, 6.07) is 2.90. The lowest BCUT2D eigenvalue weighted by Crippen LogP contribution is -2.56. The van der Waals surface area contributed by atoms with E-state index in [-0.39, 0.29) is 54.9 Å². The summed E-state index contributed by atoms with van der Waals surface area (Å²) in [5.74, 6) is -1.50. The van der Waals surface area contributed by atoms with E-state index in [9.17, 15) is 29.3 Å². The van der Waals surface area contributed by atoms with E-state index in [1.54, 1.807) is 0 Å². The van der Waals surface area contributed by atoms with E-state index in [0.29, 0.717) is 5.56 Å². The molecule has 1 aromatic rings. The molecule has 1 aliphatic rings. The molecule has 0 saturated heterocycles. The van der Waals surface area contributed by atoms with Gasteiger partial charge < -0.3 is 40.2 Å². The van der Waals surface area contributed by atoms with Crippen molar-refractivity contribution in [3.8, 4) is 11.5 Å². The Labute approximate surface area is 216 Å². The molecule has 6 N–H and O–H groups in total. The fraction of sp³-hybridized carbons (Fsp3) is 0.520. The predicted octanol–water partition coefficient (Wildman–Crippen LogP) is 2.94. The van der Waals surface area contributed by atoms with E-state index >= 15 is 0 Å². The summed E-state index contributed by atoms with van der Waals surface area (Å²) < 4.78 is 29.3. The van der Waals surface area contributed by atoms with Crippen LogP contribution in [0.25, 0.3) is 6.08 Å². The molecule has 1 aliphatic carbocycles. The van der Waals surface area contributed by atoms with Gasteiger partial charge in [0.15, 0.2) is 11.5 Å². The molecular weight excluding hydrogens is 503 g/mol. The average molecular weight is 541 g/mol. The number of carbonyl (C=O) groups excluding carboxylic acids is 2. The molecule has 0 saturated carbocycles. The second kappa shape index (κ2) is 14.3. The lowest BCUT2D eigenvalue weighted by Gasteiger charge is -2.37. The Morgan fingerprint density at radius 1 is 1.22 bits per heavy atom. The third kappa shape index (κ3) is 9.60. The number of amides is 1. The molecular formula is C25H37N2O9P. The zero-order valence-corrected chi connectivity index (χ0v) is 22.2. The maximum atomic E-state index is 12.9. The first kappa shape index (κ1) is 30.5. The molecule has 0 spiro atoms. The molecule has 0 aromatic heterocycles. The Hall–Kier alpha value is -2.69. The minimum atomic E-state index is -4.20. The van der Waals surface area contributed by atoms with Crippen molar-refractivity contribution in [3.63, 3.8) is 0 Å². The Balaban J connectivity index is 1.91. The van der Waals surface area contributed by atoms with Crippen LogP contribution in [0.1, 0.15) is 52.0 Å². The molecule has 12 heteroatoms. The van der Waals surface area contributed by atoms with Gasteiger partial charge in [0.05, 0.1) is 31.5 Å². The largest absolute Gasteiger partial charge is 0.504 e. The number of rotatable bonds is 13. The van der Waals surface area contributed by atoms with E-state index in [2.05, 4.69) is 5.32 Å². The van der Waals surface area contributed by atoms with Crippen molar-refractivity contribution in [1.29, 1.82) is 0 Å². The van der Waals surface area contributed by atoms with E-state index in [0.717, 1.165) is 18.9 Å². The molecule has 11 nitrogen and oxygen atoms in total. The third-order valence-corrected chi connectivity index (χ3v) is 7.41. The van der Waals surface area contributed by atoms with Crippen molar-refractivity contribution in [1.82, 2.24) is 5.32 Å². The number of phenolic OH excluding ortho intramolecular Hbond substituents is 2. The van der Waals surface area contributed by atoms with Gasteiger partial charge in [-0.1, -0.05) is 19.9 Å². The summed E-state index contributed by atoms with van der Waals surface area (Å²) in [6.07, 6.45) is 4.99. The van der Waals surface area contributed by atoms with Crippen LogP contribution in [-0.2, 0) is 28.2 Å². The number of nitrogens with two attached hydrogens (primary N) is 1. The molecule has 206 valence electrons. The highest BCUT2D eigenvalue weighted by atomic mass is 31.2. The van der Waals surface area contributed by atoms with Crippen LogP contribution in [0.4, 0.5) is 0 Å². The number of phenols is 2. The fourth-order valence-electron chi connectivity index (χ4n) is 3.79. The van der Waals surface area contributed by atoms with Crippen molar-refractivity contribution in [2.24, 2.45) is 5.73 Å². The summed E-state index contributed by atoms with van der Waals surface area (Å²) in [6.45, 7) is 5.12. The summed E-state index contributed by atoms with van der Waals surface area (Å²) in [7, 11) is -4.20. The zero-order chi connectivity index (χ0) is 27.6. The molecule has 37 heavy (non-hydrogen) atoms. The van der Waals surface area contributed by atoms with Crippen LogP contribution in [0.15, 0.2) is 35.7 Å². The van der Waals surface area contributed by atoms with Gasteiger partial charge in [0.25, 0.3) is 0 Å². The van der Waals surface area contributed by atoms with Gasteiger partial charge in [0.2, 0.25) is 5.91 Å². The quantitative estimate of drug-likeness (QED) is 0.0821. The summed E-state index contributed by atoms with van der Waals surface area (Å²) >= 11 is 0. The first-order valence-corrected chi connectivity index (χ1v) is 13.8. The van der Waals surface area contributed by atoms with Crippen molar-refractivity contribution in [2.45, 2.75) is 70.7 Å².